The molecule has 0 aliphatic carbocycles. The van der Waals surface area contributed by atoms with E-state index < -0.39 is 16.0 Å². The standard InChI is InChI=1S/C21H19NO6S/c1-27-17-9-6-14(7-10-17)19-13-16(8-11-20(19)28-2)22-29(25,26)18-5-3-4-15(12-18)21(23)24/h3-13,22H,1-2H3,(H,23,24). The number of rotatable bonds is 7. The molecule has 150 valence electrons. The molecule has 7 nitrogen and oxygen atoms in total. The SMILES string of the molecule is COc1ccc(-c2cc(NS(=O)(=O)c3cccc(C(=O)O)c3)ccc2OC)cc1. The minimum Gasteiger partial charge on any atom is -0.497 e. The molecule has 0 aliphatic heterocycles. The number of hydrogen-bond acceptors (Lipinski definition) is 5. The highest BCUT2D eigenvalue weighted by molar-refractivity contribution is 7.92. The lowest BCUT2D eigenvalue weighted by Crippen LogP contribution is -2.13. The van der Waals surface area contributed by atoms with Gasteiger partial charge in [0.25, 0.3) is 10.0 Å². The molecule has 8 heteroatoms. The molecule has 0 aromatic heterocycles. The molecule has 0 atom stereocenters. The first-order valence-corrected chi connectivity index (χ1v) is 10.0. The largest absolute Gasteiger partial charge is 0.497 e. The second kappa shape index (κ2) is 8.24. The Hall–Kier alpha value is -3.52. The number of sulfonamides is 1. The van der Waals surface area contributed by atoms with Crippen LogP contribution in [-0.4, -0.2) is 33.7 Å². The van der Waals surface area contributed by atoms with E-state index in [-0.39, 0.29) is 10.5 Å². The van der Waals surface area contributed by atoms with Crippen molar-refractivity contribution in [2.75, 3.05) is 18.9 Å². The molecule has 0 spiro atoms. The molecule has 0 bridgehead atoms. The van der Waals surface area contributed by atoms with Crippen LogP contribution in [-0.2, 0) is 10.0 Å². The number of carboxylic acid groups (broad SMARTS) is 1. The van der Waals surface area contributed by atoms with Gasteiger partial charge in [-0.2, -0.15) is 0 Å². The number of methoxy groups -OCH3 is 2. The summed E-state index contributed by atoms with van der Waals surface area (Å²) in [7, 11) is -0.868. The molecular weight excluding hydrogens is 394 g/mol. The minimum absolute atomic E-state index is 0.110. The van der Waals surface area contributed by atoms with Gasteiger partial charge in [0.1, 0.15) is 11.5 Å². The third-order valence-corrected chi connectivity index (χ3v) is 5.62. The predicted molar refractivity (Wildman–Crippen MR) is 109 cm³/mol. The summed E-state index contributed by atoms with van der Waals surface area (Å²) in [5.41, 5.74) is 1.71. The fourth-order valence-corrected chi connectivity index (χ4v) is 3.87. The molecule has 0 unspecified atom stereocenters. The number of benzene rings is 3. The molecule has 0 heterocycles. The zero-order valence-corrected chi connectivity index (χ0v) is 16.6. The highest BCUT2D eigenvalue weighted by atomic mass is 32.2. The second-order valence-electron chi connectivity index (χ2n) is 6.08. The summed E-state index contributed by atoms with van der Waals surface area (Å²) < 4.78 is 38.5. The van der Waals surface area contributed by atoms with Crippen LogP contribution in [0.2, 0.25) is 0 Å². The topological polar surface area (TPSA) is 102 Å². The van der Waals surface area contributed by atoms with Crippen molar-refractivity contribution in [3.63, 3.8) is 0 Å². The van der Waals surface area contributed by atoms with Crippen LogP contribution >= 0.6 is 0 Å². The van der Waals surface area contributed by atoms with Crippen LogP contribution in [0.3, 0.4) is 0 Å². The Balaban J connectivity index is 1.97. The van der Waals surface area contributed by atoms with Gasteiger partial charge in [0.2, 0.25) is 0 Å². The van der Waals surface area contributed by atoms with Crippen LogP contribution < -0.4 is 14.2 Å². The van der Waals surface area contributed by atoms with Crippen molar-refractivity contribution >= 4 is 21.7 Å². The molecule has 0 saturated heterocycles. The third kappa shape index (κ3) is 4.49. The van der Waals surface area contributed by atoms with Crippen molar-refractivity contribution in [3.05, 3.63) is 72.3 Å². The first kappa shape index (κ1) is 20.2. The molecule has 0 fully saturated rings. The van der Waals surface area contributed by atoms with Gasteiger partial charge in [-0.3, -0.25) is 4.72 Å². The summed E-state index contributed by atoms with van der Waals surface area (Å²) in [5, 5.41) is 9.08. The summed E-state index contributed by atoms with van der Waals surface area (Å²) in [4.78, 5) is 11.0. The van der Waals surface area contributed by atoms with Gasteiger partial charge in [-0.05, 0) is 54.1 Å². The number of nitrogens with one attached hydrogen (secondary N) is 1. The summed E-state index contributed by atoms with van der Waals surface area (Å²) in [6.07, 6.45) is 0. The number of anilines is 1. The zero-order valence-electron chi connectivity index (χ0n) is 15.7. The Morgan fingerprint density at radius 1 is 0.931 bits per heavy atom. The lowest BCUT2D eigenvalue weighted by Gasteiger charge is -2.13. The smallest absolute Gasteiger partial charge is 0.335 e. The zero-order chi connectivity index (χ0) is 21.0. The highest BCUT2D eigenvalue weighted by Crippen LogP contribution is 2.34. The summed E-state index contributed by atoms with van der Waals surface area (Å²) in [6, 6.07) is 17.3. The average Bonchev–Trinajstić information content (AvgIpc) is 2.73. The number of ether oxygens (including phenoxy) is 2. The maximum absolute atomic E-state index is 12.7. The van der Waals surface area contributed by atoms with Crippen LogP contribution in [0.1, 0.15) is 10.4 Å². The third-order valence-electron chi connectivity index (χ3n) is 4.24. The van der Waals surface area contributed by atoms with Crippen molar-refractivity contribution in [2.45, 2.75) is 4.90 Å². The Morgan fingerprint density at radius 2 is 1.66 bits per heavy atom. The van der Waals surface area contributed by atoms with E-state index in [1.807, 2.05) is 12.1 Å². The van der Waals surface area contributed by atoms with Crippen molar-refractivity contribution in [1.29, 1.82) is 0 Å². The molecule has 0 radical (unpaired) electrons. The van der Waals surface area contributed by atoms with Crippen LogP contribution in [0.25, 0.3) is 11.1 Å². The van der Waals surface area contributed by atoms with Gasteiger partial charge in [0.05, 0.1) is 24.7 Å². The molecule has 3 aromatic rings. The molecule has 0 saturated carbocycles. The van der Waals surface area contributed by atoms with E-state index in [0.717, 1.165) is 11.6 Å². The van der Waals surface area contributed by atoms with Crippen molar-refractivity contribution in [1.82, 2.24) is 0 Å². The van der Waals surface area contributed by atoms with E-state index in [4.69, 9.17) is 14.6 Å². The monoisotopic (exact) mass is 413 g/mol. The van der Waals surface area contributed by atoms with Gasteiger partial charge < -0.3 is 14.6 Å². The van der Waals surface area contributed by atoms with E-state index >= 15 is 0 Å². The lowest BCUT2D eigenvalue weighted by atomic mass is 10.0. The molecule has 3 rings (SSSR count). The van der Waals surface area contributed by atoms with Gasteiger partial charge in [0, 0.05) is 11.3 Å². The van der Waals surface area contributed by atoms with Crippen molar-refractivity contribution < 1.29 is 27.8 Å². The van der Waals surface area contributed by atoms with Crippen LogP contribution in [0.5, 0.6) is 11.5 Å². The molecular formula is C21H19NO6S. The minimum atomic E-state index is -3.97. The van der Waals surface area contributed by atoms with Gasteiger partial charge in [-0.1, -0.05) is 18.2 Å². The normalized spacial score (nSPS) is 11.0. The first-order valence-electron chi connectivity index (χ1n) is 8.52. The van der Waals surface area contributed by atoms with E-state index in [1.54, 1.807) is 37.4 Å². The Morgan fingerprint density at radius 3 is 2.28 bits per heavy atom. The quantitative estimate of drug-likeness (QED) is 0.610. The van der Waals surface area contributed by atoms with Gasteiger partial charge >= 0.3 is 5.97 Å². The van der Waals surface area contributed by atoms with Gasteiger partial charge in [-0.25, -0.2) is 13.2 Å². The maximum Gasteiger partial charge on any atom is 0.335 e. The van der Waals surface area contributed by atoms with Crippen molar-refractivity contribution in [3.8, 4) is 22.6 Å². The number of hydrogen-bond donors (Lipinski definition) is 2. The molecule has 2 N–H and O–H groups in total. The average molecular weight is 413 g/mol. The maximum atomic E-state index is 12.7. The van der Waals surface area contributed by atoms with Gasteiger partial charge in [0.15, 0.2) is 0 Å². The lowest BCUT2D eigenvalue weighted by molar-refractivity contribution is 0.0696. The van der Waals surface area contributed by atoms with Crippen LogP contribution in [0.15, 0.2) is 71.6 Å². The summed E-state index contributed by atoms with van der Waals surface area (Å²) in [5.74, 6) is 0.0714. The van der Waals surface area contributed by atoms with E-state index in [2.05, 4.69) is 4.72 Å². The molecule has 0 aliphatic rings. The summed E-state index contributed by atoms with van der Waals surface area (Å²) >= 11 is 0. The fourth-order valence-electron chi connectivity index (χ4n) is 2.78. The Bertz CT molecular complexity index is 1140. The van der Waals surface area contributed by atoms with Crippen LogP contribution in [0.4, 0.5) is 5.69 Å². The highest BCUT2D eigenvalue weighted by Gasteiger charge is 2.17. The number of carbonyl (C=O) groups is 1. The van der Waals surface area contributed by atoms with Crippen molar-refractivity contribution in [2.24, 2.45) is 0 Å². The molecule has 29 heavy (non-hydrogen) atoms. The van der Waals surface area contributed by atoms with Gasteiger partial charge in [-0.15, -0.1) is 0 Å². The Kier molecular flexibility index (Phi) is 5.74. The van der Waals surface area contributed by atoms with E-state index in [0.29, 0.717) is 22.7 Å². The molecule has 3 aromatic carbocycles. The summed E-state index contributed by atoms with van der Waals surface area (Å²) in [6.45, 7) is 0. The van der Waals surface area contributed by atoms with E-state index in [9.17, 15) is 13.2 Å². The predicted octanol–water partition coefficient (Wildman–Crippen LogP) is 3.87. The number of aromatic carboxylic acids is 1. The Labute approximate surface area is 168 Å². The second-order valence-corrected chi connectivity index (χ2v) is 7.76. The van der Waals surface area contributed by atoms with Crippen LogP contribution in [0, 0.1) is 0 Å². The molecule has 0 amide bonds. The fraction of sp³-hybridized carbons (Fsp3) is 0.0952. The first-order chi connectivity index (χ1) is 13.8. The van der Waals surface area contributed by atoms with E-state index in [1.165, 1.54) is 25.3 Å². The number of carboxylic acids is 1.